The van der Waals surface area contributed by atoms with E-state index >= 15 is 0 Å². The molecule has 0 heterocycles. The van der Waals surface area contributed by atoms with Crippen LogP contribution >= 0.6 is 0 Å². The van der Waals surface area contributed by atoms with Crippen molar-refractivity contribution in [3.05, 3.63) is 59.7 Å². The standard InChI is InChI=1S/C20H26BN3O3/c1-23(2)19(25)15-5-9-17(10-6-15)21(27-14-13-22)18-11-7-16(8-12-18)20(26)24(3)4/h5-12H,13-14,22H2,1-4H3. The molecule has 0 saturated heterocycles. The molecule has 2 aromatic carbocycles. The highest BCUT2D eigenvalue weighted by molar-refractivity contribution is 6.80. The highest BCUT2D eigenvalue weighted by Gasteiger charge is 2.22. The van der Waals surface area contributed by atoms with Crippen LogP contribution < -0.4 is 16.7 Å². The Labute approximate surface area is 161 Å². The zero-order chi connectivity index (χ0) is 20.0. The Morgan fingerprint density at radius 1 is 0.815 bits per heavy atom. The number of carbonyl (C=O) groups excluding carboxylic acids is 2. The zero-order valence-electron chi connectivity index (χ0n) is 16.3. The Kier molecular flexibility index (Phi) is 7.16. The number of benzene rings is 2. The first-order chi connectivity index (χ1) is 12.8. The normalized spacial score (nSPS) is 10.4. The molecule has 142 valence electrons. The molecule has 0 atom stereocenters. The van der Waals surface area contributed by atoms with E-state index in [9.17, 15) is 9.59 Å². The molecule has 0 fully saturated rings. The molecule has 2 rings (SSSR count). The quantitative estimate of drug-likeness (QED) is 0.708. The molecule has 0 aromatic heterocycles. The SMILES string of the molecule is CN(C)C(=O)c1ccc(B(OCCN)c2ccc(C(=O)N(C)C)cc2)cc1. The van der Waals surface area contributed by atoms with Gasteiger partial charge in [0.05, 0.1) is 0 Å². The van der Waals surface area contributed by atoms with E-state index in [4.69, 9.17) is 10.4 Å². The van der Waals surface area contributed by atoms with Crippen molar-refractivity contribution in [2.45, 2.75) is 0 Å². The fourth-order valence-corrected chi connectivity index (χ4v) is 2.69. The summed E-state index contributed by atoms with van der Waals surface area (Å²) in [6.07, 6.45) is 0. The van der Waals surface area contributed by atoms with E-state index in [1.54, 1.807) is 52.5 Å². The molecule has 0 radical (unpaired) electrons. The lowest BCUT2D eigenvalue weighted by Gasteiger charge is -2.17. The maximum Gasteiger partial charge on any atom is 0.361 e. The first kappa shape index (κ1) is 20.7. The third-order valence-corrected chi connectivity index (χ3v) is 4.14. The molecule has 2 amide bonds. The second-order valence-corrected chi connectivity index (χ2v) is 6.68. The van der Waals surface area contributed by atoms with E-state index in [0.29, 0.717) is 24.3 Å². The summed E-state index contributed by atoms with van der Waals surface area (Å²) in [4.78, 5) is 27.2. The van der Waals surface area contributed by atoms with E-state index in [1.165, 1.54) is 9.80 Å². The number of hydrogen-bond acceptors (Lipinski definition) is 4. The molecule has 2 N–H and O–H groups in total. The van der Waals surface area contributed by atoms with Crippen LogP contribution in [0.15, 0.2) is 48.5 Å². The molecular weight excluding hydrogens is 341 g/mol. The van der Waals surface area contributed by atoms with Crippen LogP contribution in [-0.2, 0) is 4.65 Å². The lowest BCUT2D eigenvalue weighted by Crippen LogP contribution is -2.46. The van der Waals surface area contributed by atoms with Crippen molar-refractivity contribution in [2.75, 3.05) is 41.3 Å². The second-order valence-electron chi connectivity index (χ2n) is 6.68. The predicted molar refractivity (Wildman–Crippen MR) is 109 cm³/mol. The molecule has 6 nitrogen and oxygen atoms in total. The molecule has 0 aliphatic rings. The molecule has 27 heavy (non-hydrogen) atoms. The molecule has 0 bridgehead atoms. The fraction of sp³-hybridized carbons (Fsp3) is 0.300. The number of rotatable bonds is 7. The van der Waals surface area contributed by atoms with Gasteiger partial charge in [-0.1, -0.05) is 24.3 Å². The van der Waals surface area contributed by atoms with Gasteiger partial charge < -0.3 is 20.2 Å². The molecule has 0 aliphatic heterocycles. The summed E-state index contributed by atoms with van der Waals surface area (Å²) in [5.41, 5.74) is 8.68. The third kappa shape index (κ3) is 5.18. The minimum atomic E-state index is -0.319. The summed E-state index contributed by atoms with van der Waals surface area (Å²) >= 11 is 0. The molecule has 0 unspecified atom stereocenters. The first-order valence-electron chi connectivity index (χ1n) is 8.80. The lowest BCUT2D eigenvalue weighted by molar-refractivity contribution is 0.0820. The average molecular weight is 367 g/mol. The van der Waals surface area contributed by atoms with Gasteiger partial charge in [-0.25, -0.2) is 0 Å². The smallest absolute Gasteiger partial charge is 0.361 e. The van der Waals surface area contributed by atoms with Gasteiger partial charge in [-0.3, -0.25) is 9.59 Å². The number of nitrogens with zero attached hydrogens (tertiary/aromatic N) is 2. The van der Waals surface area contributed by atoms with Gasteiger partial charge in [0.25, 0.3) is 11.8 Å². The van der Waals surface area contributed by atoms with Crippen LogP contribution in [0, 0.1) is 0 Å². The summed E-state index contributed by atoms with van der Waals surface area (Å²) < 4.78 is 5.94. The highest BCUT2D eigenvalue weighted by atomic mass is 16.4. The van der Waals surface area contributed by atoms with Crippen molar-refractivity contribution in [1.29, 1.82) is 0 Å². The maximum absolute atomic E-state index is 12.1. The lowest BCUT2D eigenvalue weighted by atomic mass is 9.55. The number of carbonyl (C=O) groups is 2. The molecule has 0 aliphatic carbocycles. The highest BCUT2D eigenvalue weighted by Crippen LogP contribution is 2.05. The number of nitrogens with two attached hydrogens (primary N) is 1. The van der Waals surface area contributed by atoms with Gasteiger partial charge >= 0.3 is 6.92 Å². The monoisotopic (exact) mass is 367 g/mol. The Morgan fingerprint density at radius 3 is 1.48 bits per heavy atom. The van der Waals surface area contributed by atoms with Crippen LogP contribution in [-0.4, -0.2) is 69.9 Å². The van der Waals surface area contributed by atoms with Crippen molar-refractivity contribution in [1.82, 2.24) is 9.80 Å². The molecule has 7 heteroatoms. The van der Waals surface area contributed by atoms with E-state index in [0.717, 1.165) is 10.9 Å². The summed E-state index contributed by atoms with van der Waals surface area (Å²) in [7, 11) is 6.89. The third-order valence-electron chi connectivity index (χ3n) is 4.14. The average Bonchev–Trinajstić information content (AvgIpc) is 2.68. The summed E-state index contributed by atoms with van der Waals surface area (Å²) in [5.74, 6) is -0.0972. The van der Waals surface area contributed by atoms with Gasteiger partial charge in [-0.15, -0.1) is 0 Å². The summed E-state index contributed by atoms with van der Waals surface area (Å²) in [5, 5.41) is 0. The van der Waals surface area contributed by atoms with Crippen molar-refractivity contribution < 1.29 is 14.2 Å². The largest absolute Gasteiger partial charge is 0.426 e. The minimum Gasteiger partial charge on any atom is -0.426 e. The van der Waals surface area contributed by atoms with E-state index < -0.39 is 0 Å². The van der Waals surface area contributed by atoms with Crippen LogP contribution in [0.2, 0.25) is 0 Å². The van der Waals surface area contributed by atoms with Gasteiger partial charge in [0, 0.05) is 52.5 Å². The van der Waals surface area contributed by atoms with E-state index in [2.05, 4.69) is 0 Å². The van der Waals surface area contributed by atoms with Crippen molar-refractivity contribution in [3.63, 3.8) is 0 Å². The number of hydrogen-bond donors (Lipinski definition) is 1. The molecular formula is C20H26BN3O3. The topological polar surface area (TPSA) is 75.9 Å². The fourth-order valence-electron chi connectivity index (χ4n) is 2.69. The Bertz CT molecular complexity index is 711. The Balaban J connectivity index is 2.29. The maximum atomic E-state index is 12.1. The van der Waals surface area contributed by atoms with Crippen LogP contribution in [0.5, 0.6) is 0 Å². The van der Waals surface area contributed by atoms with E-state index in [1.807, 2.05) is 24.3 Å². The van der Waals surface area contributed by atoms with E-state index in [-0.39, 0.29) is 18.7 Å². The Hall–Kier alpha value is -2.64. The van der Waals surface area contributed by atoms with Gasteiger partial charge in [-0.2, -0.15) is 0 Å². The van der Waals surface area contributed by atoms with Gasteiger partial charge in [-0.05, 0) is 35.2 Å². The number of amides is 2. The second kappa shape index (κ2) is 9.34. The summed E-state index contributed by atoms with van der Waals surface area (Å²) in [6.45, 7) is 0.493. The van der Waals surface area contributed by atoms with Gasteiger partial charge in [0.1, 0.15) is 0 Å². The first-order valence-corrected chi connectivity index (χ1v) is 8.80. The molecule has 2 aromatic rings. The van der Waals surface area contributed by atoms with Crippen LogP contribution in [0.25, 0.3) is 0 Å². The van der Waals surface area contributed by atoms with Gasteiger partial charge in [0.2, 0.25) is 0 Å². The van der Waals surface area contributed by atoms with Crippen LogP contribution in [0.1, 0.15) is 20.7 Å². The minimum absolute atomic E-state index is 0.0486. The van der Waals surface area contributed by atoms with Crippen LogP contribution in [0.3, 0.4) is 0 Å². The van der Waals surface area contributed by atoms with Crippen molar-refractivity contribution in [3.8, 4) is 0 Å². The van der Waals surface area contributed by atoms with Gasteiger partial charge in [0.15, 0.2) is 0 Å². The van der Waals surface area contributed by atoms with Crippen molar-refractivity contribution in [2.24, 2.45) is 5.73 Å². The van der Waals surface area contributed by atoms with Crippen molar-refractivity contribution >= 4 is 29.7 Å². The summed E-state index contributed by atoms with van der Waals surface area (Å²) in [6, 6.07) is 14.7. The zero-order valence-corrected chi connectivity index (χ0v) is 16.3. The Morgan fingerprint density at radius 2 is 1.19 bits per heavy atom. The predicted octanol–water partition coefficient (Wildman–Crippen LogP) is 0.171. The molecule has 0 spiro atoms. The molecule has 0 saturated carbocycles. The van der Waals surface area contributed by atoms with Crippen LogP contribution in [0.4, 0.5) is 0 Å².